The molecule has 2 rings (SSSR count). The standard InChI is InChI=1S/C22H38O4/c1-7-22-14-12-20(26-22)21(6,24-15-22)13-8-9-17(4)19(25-18(5)23)11-10-16(2)3/h17,19-20H,2,7-15H2,1,3-6H3. The van der Waals surface area contributed by atoms with E-state index in [0.29, 0.717) is 5.92 Å². The summed E-state index contributed by atoms with van der Waals surface area (Å²) in [6, 6.07) is 0. The van der Waals surface area contributed by atoms with E-state index in [4.69, 9.17) is 14.2 Å². The summed E-state index contributed by atoms with van der Waals surface area (Å²) in [6.45, 7) is 14.8. The Bertz CT molecular complexity index is 502. The average Bonchev–Trinajstić information content (AvgIpc) is 2.97. The summed E-state index contributed by atoms with van der Waals surface area (Å²) in [4.78, 5) is 11.4. The van der Waals surface area contributed by atoms with Gasteiger partial charge in [0.2, 0.25) is 0 Å². The van der Waals surface area contributed by atoms with Gasteiger partial charge in [-0.25, -0.2) is 0 Å². The number of ether oxygens (including phenoxy) is 3. The molecular formula is C22H38O4. The van der Waals surface area contributed by atoms with Gasteiger partial charge in [0.05, 0.1) is 23.9 Å². The van der Waals surface area contributed by atoms with Gasteiger partial charge in [0.1, 0.15) is 6.10 Å². The summed E-state index contributed by atoms with van der Waals surface area (Å²) in [5, 5.41) is 0. The summed E-state index contributed by atoms with van der Waals surface area (Å²) in [5.41, 5.74) is 0.930. The number of esters is 1. The molecule has 0 N–H and O–H groups in total. The molecule has 2 heterocycles. The molecule has 26 heavy (non-hydrogen) atoms. The molecule has 2 fully saturated rings. The van der Waals surface area contributed by atoms with Crippen LogP contribution in [0.5, 0.6) is 0 Å². The molecule has 5 atom stereocenters. The number of fused-ring (bicyclic) bond motifs is 2. The van der Waals surface area contributed by atoms with Crippen LogP contribution in [0.2, 0.25) is 0 Å². The van der Waals surface area contributed by atoms with Crippen LogP contribution in [0.25, 0.3) is 0 Å². The predicted molar refractivity (Wildman–Crippen MR) is 104 cm³/mol. The zero-order valence-corrected chi connectivity index (χ0v) is 17.4. The first-order valence-electron chi connectivity index (χ1n) is 10.3. The summed E-state index contributed by atoms with van der Waals surface area (Å²) in [5.74, 6) is 0.145. The van der Waals surface area contributed by atoms with Crippen molar-refractivity contribution in [2.75, 3.05) is 6.61 Å². The molecule has 5 unspecified atom stereocenters. The number of hydrogen-bond donors (Lipinski definition) is 0. The van der Waals surface area contributed by atoms with E-state index in [1.807, 2.05) is 6.92 Å². The Morgan fingerprint density at radius 1 is 1.35 bits per heavy atom. The third kappa shape index (κ3) is 5.32. The molecule has 150 valence electrons. The number of hydrogen-bond acceptors (Lipinski definition) is 4. The highest BCUT2D eigenvalue weighted by Crippen LogP contribution is 2.46. The van der Waals surface area contributed by atoms with Crippen LogP contribution in [0.1, 0.15) is 86.0 Å². The summed E-state index contributed by atoms with van der Waals surface area (Å²) < 4.78 is 18.2. The fourth-order valence-electron chi connectivity index (χ4n) is 4.36. The van der Waals surface area contributed by atoms with Crippen LogP contribution < -0.4 is 0 Å². The Kier molecular flexibility index (Phi) is 7.32. The highest BCUT2D eigenvalue weighted by Gasteiger charge is 2.52. The van der Waals surface area contributed by atoms with Gasteiger partial charge in [-0.2, -0.15) is 0 Å². The monoisotopic (exact) mass is 366 g/mol. The van der Waals surface area contributed by atoms with Crippen molar-refractivity contribution in [2.24, 2.45) is 5.92 Å². The molecule has 2 saturated heterocycles. The lowest BCUT2D eigenvalue weighted by molar-refractivity contribution is -0.241. The molecular weight excluding hydrogens is 328 g/mol. The topological polar surface area (TPSA) is 44.8 Å². The second kappa shape index (κ2) is 8.88. The zero-order chi connectivity index (χ0) is 19.4. The number of carbonyl (C=O) groups is 1. The molecule has 0 aliphatic carbocycles. The van der Waals surface area contributed by atoms with Gasteiger partial charge in [0.25, 0.3) is 0 Å². The fourth-order valence-corrected chi connectivity index (χ4v) is 4.36. The Morgan fingerprint density at radius 2 is 2.08 bits per heavy atom. The molecule has 4 heteroatoms. The van der Waals surface area contributed by atoms with Gasteiger partial charge in [-0.15, -0.1) is 6.58 Å². The molecule has 4 nitrogen and oxygen atoms in total. The number of carbonyl (C=O) groups excluding carboxylic acids is 1. The zero-order valence-electron chi connectivity index (χ0n) is 17.4. The van der Waals surface area contributed by atoms with Gasteiger partial charge >= 0.3 is 5.97 Å². The van der Waals surface area contributed by atoms with E-state index in [1.165, 1.54) is 6.92 Å². The largest absolute Gasteiger partial charge is 0.462 e. The van der Waals surface area contributed by atoms with E-state index >= 15 is 0 Å². The highest BCUT2D eigenvalue weighted by atomic mass is 16.6. The third-order valence-electron chi connectivity index (χ3n) is 6.39. The molecule has 2 aliphatic heterocycles. The van der Waals surface area contributed by atoms with Crippen molar-refractivity contribution in [3.05, 3.63) is 12.2 Å². The maximum absolute atomic E-state index is 11.4. The lowest BCUT2D eigenvalue weighted by Gasteiger charge is -2.44. The van der Waals surface area contributed by atoms with Crippen molar-refractivity contribution >= 4 is 5.97 Å². The molecule has 0 saturated carbocycles. The maximum Gasteiger partial charge on any atom is 0.302 e. The van der Waals surface area contributed by atoms with Crippen LogP contribution in [-0.4, -0.2) is 36.0 Å². The molecule has 0 aromatic heterocycles. The fraction of sp³-hybridized carbons (Fsp3) is 0.864. The minimum Gasteiger partial charge on any atom is -0.462 e. The van der Waals surface area contributed by atoms with Crippen LogP contribution in [0.4, 0.5) is 0 Å². The van der Waals surface area contributed by atoms with Crippen molar-refractivity contribution in [1.29, 1.82) is 0 Å². The lowest BCUT2D eigenvalue weighted by atomic mass is 9.87. The van der Waals surface area contributed by atoms with E-state index in [9.17, 15) is 4.79 Å². The first-order valence-corrected chi connectivity index (χ1v) is 10.3. The number of rotatable bonds is 10. The first kappa shape index (κ1) is 21.4. The van der Waals surface area contributed by atoms with Crippen molar-refractivity contribution in [3.63, 3.8) is 0 Å². The third-order valence-corrected chi connectivity index (χ3v) is 6.39. The molecule has 0 radical (unpaired) electrons. The van der Waals surface area contributed by atoms with Gasteiger partial charge in [-0.1, -0.05) is 25.8 Å². The van der Waals surface area contributed by atoms with Gasteiger partial charge in [-0.3, -0.25) is 4.79 Å². The highest BCUT2D eigenvalue weighted by molar-refractivity contribution is 5.66. The van der Waals surface area contributed by atoms with Crippen LogP contribution in [0, 0.1) is 5.92 Å². The van der Waals surface area contributed by atoms with E-state index in [0.717, 1.165) is 63.5 Å². The normalized spacial score (nSPS) is 32.9. The van der Waals surface area contributed by atoms with Crippen LogP contribution in [0.15, 0.2) is 12.2 Å². The summed E-state index contributed by atoms with van der Waals surface area (Å²) in [6.07, 6.45) is 8.29. The van der Waals surface area contributed by atoms with Crippen LogP contribution >= 0.6 is 0 Å². The number of allylic oxidation sites excluding steroid dienone is 1. The van der Waals surface area contributed by atoms with Gasteiger partial charge < -0.3 is 14.2 Å². The SMILES string of the molecule is C=C(C)CCC(OC(C)=O)C(C)CCCC1(C)OCC2(CC)CCC1O2. The molecule has 2 bridgehead atoms. The van der Waals surface area contributed by atoms with E-state index in [1.54, 1.807) is 0 Å². The average molecular weight is 367 g/mol. The molecule has 0 amide bonds. The minimum absolute atomic E-state index is 0.0273. The maximum atomic E-state index is 11.4. The Morgan fingerprint density at radius 3 is 2.69 bits per heavy atom. The van der Waals surface area contributed by atoms with E-state index in [2.05, 4.69) is 27.4 Å². The summed E-state index contributed by atoms with van der Waals surface area (Å²) >= 11 is 0. The second-order valence-electron chi connectivity index (χ2n) is 8.80. The van der Waals surface area contributed by atoms with Gasteiger partial charge in [0, 0.05) is 6.92 Å². The quantitative estimate of drug-likeness (QED) is 0.394. The van der Waals surface area contributed by atoms with Gasteiger partial charge in [0.15, 0.2) is 0 Å². The van der Waals surface area contributed by atoms with Crippen molar-refractivity contribution in [3.8, 4) is 0 Å². The van der Waals surface area contributed by atoms with Crippen LogP contribution in [0.3, 0.4) is 0 Å². The predicted octanol–water partition coefficient (Wildman–Crippen LogP) is 5.20. The van der Waals surface area contributed by atoms with E-state index < -0.39 is 0 Å². The van der Waals surface area contributed by atoms with Crippen molar-refractivity contribution in [1.82, 2.24) is 0 Å². The second-order valence-corrected chi connectivity index (χ2v) is 8.80. The molecule has 2 aliphatic rings. The Hall–Kier alpha value is -0.870. The van der Waals surface area contributed by atoms with Gasteiger partial charge in [-0.05, 0) is 64.7 Å². The Labute approximate surface area is 159 Å². The molecule has 0 aromatic rings. The summed E-state index contributed by atoms with van der Waals surface area (Å²) in [7, 11) is 0. The van der Waals surface area contributed by atoms with Crippen LogP contribution in [-0.2, 0) is 19.0 Å². The van der Waals surface area contributed by atoms with Crippen molar-refractivity contribution < 1.29 is 19.0 Å². The first-order chi connectivity index (χ1) is 12.2. The lowest BCUT2D eigenvalue weighted by Crippen LogP contribution is -2.52. The van der Waals surface area contributed by atoms with Crippen molar-refractivity contribution in [2.45, 2.75) is 109 Å². The smallest absolute Gasteiger partial charge is 0.302 e. The molecule has 0 aromatic carbocycles. The van der Waals surface area contributed by atoms with E-state index in [-0.39, 0.29) is 29.4 Å². The minimum atomic E-state index is -0.193. The Balaban J connectivity index is 1.83. The molecule has 0 spiro atoms.